The largest absolute Gasteiger partial charge is 0.489 e. The Hall–Kier alpha value is -2.67. The third-order valence-electron chi connectivity index (χ3n) is 4.23. The van der Waals surface area contributed by atoms with Crippen LogP contribution in [-0.2, 0) is 0 Å². The maximum absolute atomic E-state index is 12.6. The van der Waals surface area contributed by atoms with Gasteiger partial charge in [-0.2, -0.15) is 9.90 Å². The van der Waals surface area contributed by atoms with E-state index in [0.717, 1.165) is 24.3 Å². The van der Waals surface area contributed by atoms with Gasteiger partial charge < -0.3 is 9.64 Å². The van der Waals surface area contributed by atoms with Crippen LogP contribution >= 0.6 is 11.3 Å². The number of thiophene rings is 1. The monoisotopic (exact) mass is 354 g/mol. The van der Waals surface area contributed by atoms with Crippen LogP contribution < -0.4 is 4.74 Å². The van der Waals surface area contributed by atoms with Gasteiger partial charge in [-0.05, 0) is 23.6 Å². The molecule has 1 aromatic carbocycles. The van der Waals surface area contributed by atoms with E-state index in [4.69, 9.17) is 4.74 Å². The van der Waals surface area contributed by atoms with Crippen molar-refractivity contribution in [2.24, 2.45) is 0 Å². The van der Waals surface area contributed by atoms with Crippen LogP contribution in [0.3, 0.4) is 0 Å². The molecule has 25 heavy (non-hydrogen) atoms. The van der Waals surface area contributed by atoms with Crippen LogP contribution in [0.1, 0.15) is 23.3 Å². The number of ether oxygens (including phenoxy) is 1. The molecule has 1 amide bonds. The molecular formula is C18H18N4O2S. The summed E-state index contributed by atoms with van der Waals surface area (Å²) in [4.78, 5) is 16.0. The molecule has 1 aliphatic rings. The number of amides is 1. The molecule has 0 atom stereocenters. The van der Waals surface area contributed by atoms with Gasteiger partial charge in [0.05, 0.1) is 11.9 Å². The molecule has 1 saturated heterocycles. The van der Waals surface area contributed by atoms with Crippen LogP contribution in [0, 0.1) is 0 Å². The number of carbonyl (C=O) groups excluding carboxylic acids is 1. The topological polar surface area (TPSA) is 60.2 Å². The Kier molecular flexibility index (Phi) is 4.47. The molecule has 0 bridgehead atoms. The summed E-state index contributed by atoms with van der Waals surface area (Å²) in [5.41, 5.74) is 1.21. The minimum Gasteiger partial charge on any atom is -0.489 e. The fraction of sp³-hybridized carbons (Fsp3) is 0.278. The van der Waals surface area contributed by atoms with E-state index in [1.807, 2.05) is 52.1 Å². The first-order valence-corrected chi connectivity index (χ1v) is 9.20. The van der Waals surface area contributed by atoms with Crippen molar-refractivity contribution in [3.05, 3.63) is 59.0 Å². The number of likely N-dealkylation sites (tertiary alicyclic amines) is 1. The standard InChI is InChI=1S/C18H18N4O2S/c23-18(17-12-19-22(20-17)14-4-2-1-3-5-14)21-9-6-15(7-10-21)24-16-8-11-25-13-16/h1-5,8,11-13,15H,6-7,9-10H2. The van der Waals surface area contributed by atoms with Crippen molar-refractivity contribution in [2.75, 3.05) is 13.1 Å². The fourth-order valence-corrected chi connectivity index (χ4v) is 3.46. The van der Waals surface area contributed by atoms with E-state index in [2.05, 4.69) is 10.2 Å². The first-order valence-electron chi connectivity index (χ1n) is 8.25. The lowest BCUT2D eigenvalue weighted by atomic mass is 10.1. The highest BCUT2D eigenvalue weighted by molar-refractivity contribution is 7.08. The molecule has 7 heteroatoms. The van der Waals surface area contributed by atoms with Gasteiger partial charge in [-0.1, -0.05) is 18.2 Å². The predicted molar refractivity (Wildman–Crippen MR) is 95.2 cm³/mol. The van der Waals surface area contributed by atoms with Gasteiger partial charge in [0.1, 0.15) is 11.9 Å². The molecule has 0 aliphatic carbocycles. The molecule has 1 fully saturated rings. The zero-order valence-electron chi connectivity index (χ0n) is 13.6. The van der Waals surface area contributed by atoms with Gasteiger partial charge in [0, 0.05) is 31.3 Å². The number of aromatic nitrogens is 3. The summed E-state index contributed by atoms with van der Waals surface area (Å²) in [6.45, 7) is 1.34. The molecule has 0 spiro atoms. The average Bonchev–Trinajstić information content (AvgIpc) is 3.34. The van der Waals surface area contributed by atoms with E-state index >= 15 is 0 Å². The molecule has 0 N–H and O–H groups in total. The normalized spacial score (nSPS) is 15.3. The van der Waals surface area contributed by atoms with Crippen molar-refractivity contribution >= 4 is 17.2 Å². The van der Waals surface area contributed by atoms with Crippen LogP contribution in [0.5, 0.6) is 5.75 Å². The molecule has 1 aliphatic heterocycles. The Morgan fingerprint density at radius 3 is 2.68 bits per heavy atom. The summed E-state index contributed by atoms with van der Waals surface area (Å²) in [6.07, 6.45) is 3.35. The number of para-hydroxylation sites is 1. The van der Waals surface area contributed by atoms with E-state index in [0.29, 0.717) is 18.8 Å². The van der Waals surface area contributed by atoms with Gasteiger partial charge in [0.25, 0.3) is 5.91 Å². The lowest BCUT2D eigenvalue weighted by Crippen LogP contribution is -2.41. The Balaban J connectivity index is 1.37. The van der Waals surface area contributed by atoms with E-state index in [1.165, 1.54) is 11.0 Å². The zero-order valence-corrected chi connectivity index (χ0v) is 14.4. The highest BCUT2D eigenvalue weighted by Gasteiger charge is 2.26. The summed E-state index contributed by atoms with van der Waals surface area (Å²) in [7, 11) is 0. The molecule has 128 valence electrons. The molecule has 0 saturated carbocycles. The summed E-state index contributed by atoms with van der Waals surface area (Å²) >= 11 is 1.62. The van der Waals surface area contributed by atoms with Gasteiger partial charge in [0.15, 0.2) is 5.69 Å². The number of hydrogen-bond donors (Lipinski definition) is 0. The van der Waals surface area contributed by atoms with Gasteiger partial charge in [0.2, 0.25) is 0 Å². The highest BCUT2D eigenvalue weighted by Crippen LogP contribution is 2.22. The molecule has 2 aromatic heterocycles. The Morgan fingerprint density at radius 2 is 1.96 bits per heavy atom. The first kappa shape index (κ1) is 15.8. The van der Waals surface area contributed by atoms with E-state index in [1.54, 1.807) is 11.3 Å². The number of rotatable bonds is 4. The van der Waals surface area contributed by atoms with Crippen LogP contribution in [-0.4, -0.2) is 45.0 Å². The second kappa shape index (κ2) is 7.06. The molecule has 3 heterocycles. The quantitative estimate of drug-likeness (QED) is 0.723. The SMILES string of the molecule is O=C(c1cnn(-c2ccccc2)n1)N1CCC(Oc2ccsc2)CC1. The molecule has 6 nitrogen and oxygen atoms in total. The molecule has 0 unspecified atom stereocenters. The van der Waals surface area contributed by atoms with Crippen LogP contribution in [0.15, 0.2) is 53.4 Å². The summed E-state index contributed by atoms with van der Waals surface area (Å²) in [5, 5.41) is 12.5. The lowest BCUT2D eigenvalue weighted by Gasteiger charge is -2.31. The van der Waals surface area contributed by atoms with Crippen LogP contribution in [0.25, 0.3) is 5.69 Å². The predicted octanol–water partition coefficient (Wildman–Crippen LogP) is 3.01. The minimum atomic E-state index is -0.0730. The van der Waals surface area contributed by atoms with Crippen LogP contribution in [0.4, 0.5) is 0 Å². The van der Waals surface area contributed by atoms with E-state index < -0.39 is 0 Å². The second-order valence-corrected chi connectivity index (χ2v) is 6.70. The molecule has 3 aromatic rings. The Labute approximate surface area is 149 Å². The summed E-state index contributed by atoms with van der Waals surface area (Å²) < 4.78 is 5.93. The van der Waals surface area contributed by atoms with Crippen molar-refractivity contribution in [1.82, 2.24) is 19.9 Å². The Morgan fingerprint density at radius 1 is 1.16 bits per heavy atom. The van der Waals surface area contributed by atoms with E-state index in [-0.39, 0.29) is 12.0 Å². The number of hydrogen-bond acceptors (Lipinski definition) is 5. The van der Waals surface area contributed by atoms with Crippen molar-refractivity contribution < 1.29 is 9.53 Å². The van der Waals surface area contributed by atoms with Crippen molar-refractivity contribution in [3.63, 3.8) is 0 Å². The highest BCUT2D eigenvalue weighted by atomic mass is 32.1. The maximum Gasteiger partial charge on any atom is 0.276 e. The minimum absolute atomic E-state index is 0.0730. The number of carbonyl (C=O) groups is 1. The smallest absolute Gasteiger partial charge is 0.276 e. The zero-order chi connectivity index (χ0) is 17.1. The number of benzene rings is 1. The maximum atomic E-state index is 12.6. The molecular weight excluding hydrogens is 336 g/mol. The van der Waals surface area contributed by atoms with Crippen LogP contribution in [0.2, 0.25) is 0 Å². The third-order valence-corrected chi connectivity index (χ3v) is 4.89. The van der Waals surface area contributed by atoms with Gasteiger partial charge in [-0.25, -0.2) is 0 Å². The van der Waals surface area contributed by atoms with Gasteiger partial charge in [-0.3, -0.25) is 4.79 Å². The van der Waals surface area contributed by atoms with Crippen molar-refractivity contribution in [1.29, 1.82) is 0 Å². The Bertz CT molecular complexity index is 824. The molecule has 4 rings (SSSR count). The lowest BCUT2D eigenvalue weighted by molar-refractivity contribution is 0.0590. The number of piperidine rings is 1. The van der Waals surface area contributed by atoms with Crippen molar-refractivity contribution in [3.8, 4) is 11.4 Å². The number of nitrogens with zero attached hydrogens (tertiary/aromatic N) is 4. The first-order chi connectivity index (χ1) is 12.3. The average molecular weight is 354 g/mol. The molecule has 0 radical (unpaired) electrons. The second-order valence-electron chi connectivity index (χ2n) is 5.92. The summed E-state index contributed by atoms with van der Waals surface area (Å²) in [5.74, 6) is 0.844. The van der Waals surface area contributed by atoms with Gasteiger partial charge in [-0.15, -0.1) is 16.4 Å². The third kappa shape index (κ3) is 3.56. The fourth-order valence-electron chi connectivity index (χ4n) is 2.90. The summed E-state index contributed by atoms with van der Waals surface area (Å²) in [6, 6.07) is 11.5. The van der Waals surface area contributed by atoms with Crippen molar-refractivity contribution in [2.45, 2.75) is 18.9 Å². The van der Waals surface area contributed by atoms with Gasteiger partial charge >= 0.3 is 0 Å². The van der Waals surface area contributed by atoms with E-state index in [9.17, 15) is 4.79 Å².